The first-order chi connectivity index (χ1) is 16.8. The molecule has 164 valence electrons. The fourth-order valence-corrected chi connectivity index (χ4v) is 8.78. The number of hydrogen-bond acceptors (Lipinski definition) is 3. The van der Waals surface area contributed by atoms with Gasteiger partial charge in [-0.15, -0.1) is 0 Å². The van der Waals surface area contributed by atoms with Gasteiger partial charge in [-0.25, -0.2) is 0 Å². The van der Waals surface area contributed by atoms with E-state index in [0.29, 0.717) is 0 Å². The summed E-state index contributed by atoms with van der Waals surface area (Å²) in [6.07, 6.45) is 0. The van der Waals surface area contributed by atoms with Crippen molar-refractivity contribution in [1.82, 2.24) is 15.0 Å². The van der Waals surface area contributed by atoms with E-state index in [4.69, 9.17) is 10.2 Å². The van der Waals surface area contributed by atoms with Gasteiger partial charge in [0.1, 0.15) is 17.4 Å². The Bertz CT molecular complexity index is 1200. The topological polar surface area (TPSA) is 54.5 Å². The van der Waals surface area contributed by atoms with Crippen molar-refractivity contribution in [3.63, 3.8) is 0 Å². The predicted molar refractivity (Wildman–Crippen MR) is 143 cm³/mol. The number of nitriles is 1. The SMILES string of the molecule is N#CCn1nc(P(c2ccccc2)c2ccccc2)c(P(c2ccccc2)c2ccccc2)n1. The highest BCUT2D eigenvalue weighted by Gasteiger charge is 2.30. The molecular formula is C28H22N4P2. The summed E-state index contributed by atoms with van der Waals surface area (Å²) in [7, 11) is -1.92. The van der Waals surface area contributed by atoms with Crippen LogP contribution in [0.3, 0.4) is 0 Å². The number of nitrogens with zero attached hydrogens (tertiary/aromatic N) is 4. The summed E-state index contributed by atoms with van der Waals surface area (Å²) >= 11 is 0. The second kappa shape index (κ2) is 10.5. The molecule has 0 atom stereocenters. The molecule has 0 fully saturated rings. The van der Waals surface area contributed by atoms with E-state index in [0.717, 1.165) is 10.9 Å². The Labute approximate surface area is 202 Å². The molecule has 0 radical (unpaired) electrons. The largest absolute Gasteiger partial charge is 0.196 e. The Morgan fingerprint density at radius 2 is 0.824 bits per heavy atom. The first kappa shape index (κ1) is 22.2. The molecule has 0 amide bonds. The van der Waals surface area contributed by atoms with Crippen LogP contribution in [0.15, 0.2) is 121 Å². The van der Waals surface area contributed by atoms with E-state index in [-0.39, 0.29) is 6.54 Å². The number of benzene rings is 4. The van der Waals surface area contributed by atoms with Crippen LogP contribution in [0.5, 0.6) is 0 Å². The van der Waals surface area contributed by atoms with Crippen LogP contribution in [-0.2, 0) is 6.54 Å². The van der Waals surface area contributed by atoms with E-state index in [1.165, 1.54) is 21.2 Å². The van der Waals surface area contributed by atoms with Crippen LogP contribution in [0.25, 0.3) is 0 Å². The minimum atomic E-state index is -0.958. The molecule has 0 unspecified atom stereocenters. The Hall–Kier alpha value is -3.63. The minimum absolute atomic E-state index is 0.118. The summed E-state index contributed by atoms with van der Waals surface area (Å²) in [5.74, 6) is 0. The molecule has 1 heterocycles. The zero-order chi connectivity index (χ0) is 23.2. The van der Waals surface area contributed by atoms with Crippen molar-refractivity contribution in [2.75, 3.05) is 0 Å². The van der Waals surface area contributed by atoms with Crippen LogP contribution < -0.4 is 32.1 Å². The molecule has 1 aromatic heterocycles. The van der Waals surface area contributed by atoms with E-state index in [2.05, 4.69) is 103 Å². The van der Waals surface area contributed by atoms with Crippen LogP contribution in [-0.4, -0.2) is 15.0 Å². The summed E-state index contributed by atoms with van der Waals surface area (Å²) < 4.78 is 0. The van der Waals surface area contributed by atoms with E-state index in [1.54, 1.807) is 4.80 Å². The van der Waals surface area contributed by atoms with Crippen LogP contribution in [0.4, 0.5) is 0 Å². The lowest BCUT2D eigenvalue weighted by atomic mass is 10.4. The summed E-state index contributed by atoms with van der Waals surface area (Å²) in [6, 6.07) is 44.3. The molecule has 0 aliphatic heterocycles. The average molecular weight is 476 g/mol. The van der Waals surface area contributed by atoms with Crippen LogP contribution >= 0.6 is 15.8 Å². The van der Waals surface area contributed by atoms with E-state index < -0.39 is 15.8 Å². The Morgan fingerprint density at radius 1 is 0.529 bits per heavy atom. The lowest BCUT2D eigenvalue weighted by molar-refractivity contribution is 0.616. The molecular weight excluding hydrogens is 454 g/mol. The number of aromatic nitrogens is 3. The lowest BCUT2D eigenvalue weighted by Gasteiger charge is -2.22. The van der Waals surface area contributed by atoms with Crippen molar-refractivity contribution in [2.45, 2.75) is 6.54 Å². The van der Waals surface area contributed by atoms with Gasteiger partial charge in [0, 0.05) is 15.8 Å². The van der Waals surface area contributed by atoms with Gasteiger partial charge in [-0.2, -0.15) is 20.3 Å². The maximum absolute atomic E-state index is 9.42. The summed E-state index contributed by atoms with van der Waals surface area (Å²) in [5.41, 5.74) is 1.92. The molecule has 34 heavy (non-hydrogen) atoms. The van der Waals surface area contributed by atoms with Gasteiger partial charge in [0.15, 0.2) is 0 Å². The Morgan fingerprint density at radius 3 is 1.09 bits per heavy atom. The van der Waals surface area contributed by atoms with Crippen molar-refractivity contribution in [2.24, 2.45) is 0 Å². The summed E-state index contributed by atoms with van der Waals surface area (Å²) in [4.78, 5) is 1.56. The molecule has 0 saturated heterocycles. The van der Waals surface area contributed by atoms with Crippen LogP contribution in [0.2, 0.25) is 0 Å². The number of hydrogen-bond donors (Lipinski definition) is 0. The van der Waals surface area contributed by atoms with Gasteiger partial charge < -0.3 is 0 Å². The molecule has 0 spiro atoms. The average Bonchev–Trinajstić information content (AvgIpc) is 3.30. The second-order valence-electron chi connectivity index (χ2n) is 7.55. The lowest BCUT2D eigenvalue weighted by Crippen LogP contribution is -2.35. The van der Waals surface area contributed by atoms with Crippen molar-refractivity contribution < 1.29 is 0 Å². The molecule has 0 saturated carbocycles. The third-order valence-corrected chi connectivity index (χ3v) is 10.2. The van der Waals surface area contributed by atoms with Gasteiger partial charge in [0.25, 0.3) is 0 Å². The maximum Gasteiger partial charge on any atom is 0.147 e. The predicted octanol–water partition coefficient (Wildman–Crippen LogP) is 3.32. The van der Waals surface area contributed by atoms with E-state index in [9.17, 15) is 5.26 Å². The second-order valence-corrected chi connectivity index (χ2v) is 11.8. The Kier molecular flexibility index (Phi) is 6.87. The smallest absolute Gasteiger partial charge is 0.147 e. The summed E-state index contributed by atoms with van der Waals surface area (Å²) in [6.45, 7) is 0.118. The Balaban J connectivity index is 1.77. The first-order valence-corrected chi connectivity index (χ1v) is 13.7. The highest BCUT2D eigenvalue weighted by atomic mass is 31.1. The molecule has 5 rings (SSSR count). The normalized spacial score (nSPS) is 11.0. The van der Waals surface area contributed by atoms with Gasteiger partial charge >= 0.3 is 0 Å². The van der Waals surface area contributed by atoms with Gasteiger partial charge in [-0.3, -0.25) is 0 Å². The van der Waals surface area contributed by atoms with Crippen LogP contribution in [0, 0.1) is 11.3 Å². The minimum Gasteiger partial charge on any atom is -0.196 e. The van der Waals surface area contributed by atoms with Gasteiger partial charge in [-0.05, 0) is 21.2 Å². The molecule has 5 aromatic rings. The van der Waals surface area contributed by atoms with Crippen molar-refractivity contribution in [3.05, 3.63) is 121 Å². The molecule has 0 bridgehead atoms. The zero-order valence-corrected chi connectivity index (χ0v) is 20.2. The third-order valence-electron chi connectivity index (χ3n) is 5.31. The van der Waals surface area contributed by atoms with Crippen molar-refractivity contribution in [3.8, 4) is 6.07 Å². The van der Waals surface area contributed by atoms with Gasteiger partial charge in [-0.1, -0.05) is 121 Å². The fourth-order valence-electron chi connectivity index (χ4n) is 3.85. The molecule has 0 aliphatic rings. The quantitative estimate of drug-likeness (QED) is 0.339. The van der Waals surface area contributed by atoms with Gasteiger partial charge in [0.2, 0.25) is 0 Å². The molecule has 4 aromatic carbocycles. The third kappa shape index (κ3) is 4.68. The standard InChI is InChI=1S/C28H22N4P2/c29-21-22-32-30-27(33(23-13-5-1-6-14-23)24-15-7-2-8-16-24)28(31-32)34(25-17-9-3-10-18-25)26-19-11-4-12-20-26/h1-20H,22H2. The zero-order valence-electron chi connectivity index (χ0n) is 18.4. The highest BCUT2D eigenvalue weighted by Crippen LogP contribution is 2.37. The van der Waals surface area contributed by atoms with Crippen molar-refractivity contribution >= 4 is 47.9 Å². The molecule has 4 nitrogen and oxygen atoms in total. The molecule has 6 heteroatoms. The van der Waals surface area contributed by atoms with Gasteiger partial charge in [0.05, 0.1) is 6.07 Å². The fraction of sp³-hybridized carbons (Fsp3) is 0.0357. The highest BCUT2D eigenvalue weighted by molar-refractivity contribution is 7.85. The van der Waals surface area contributed by atoms with Crippen LogP contribution in [0.1, 0.15) is 0 Å². The maximum atomic E-state index is 9.42. The molecule has 0 N–H and O–H groups in total. The number of rotatable bonds is 7. The summed E-state index contributed by atoms with van der Waals surface area (Å²) in [5, 5.41) is 24.2. The first-order valence-electron chi connectivity index (χ1n) is 11.0. The van der Waals surface area contributed by atoms with Crippen molar-refractivity contribution in [1.29, 1.82) is 5.26 Å². The van der Waals surface area contributed by atoms with E-state index in [1.807, 2.05) is 24.3 Å². The van der Waals surface area contributed by atoms with E-state index >= 15 is 0 Å². The molecule has 0 aliphatic carbocycles. The monoisotopic (exact) mass is 476 g/mol.